The minimum Gasteiger partial charge on any atom is -0.462 e. The predicted octanol–water partition coefficient (Wildman–Crippen LogP) is 20.2. The molecule has 0 heterocycles. The van der Waals surface area contributed by atoms with Crippen LogP contribution in [0.5, 0.6) is 0 Å². The lowest BCUT2D eigenvalue weighted by atomic mass is 10.0. The van der Waals surface area contributed by atoms with Crippen molar-refractivity contribution < 1.29 is 28.6 Å². The van der Waals surface area contributed by atoms with Crippen LogP contribution in [0.1, 0.15) is 349 Å². The summed E-state index contributed by atoms with van der Waals surface area (Å²) < 4.78 is 16.9. The van der Waals surface area contributed by atoms with Crippen LogP contribution in [0.15, 0.2) is 0 Å². The van der Waals surface area contributed by atoms with Gasteiger partial charge in [0.05, 0.1) is 0 Å². The first-order chi connectivity index (χ1) is 32.9. The van der Waals surface area contributed by atoms with Gasteiger partial charge in [0.2, 0.25) is 0 Å². The molecule has 0 aliphatic heterocycles. The van der Waals surface area contributed by atoms with E-state index in [4.69, 9.17) is 14.2 Å². The third-order valence-electron chi connectivity index (χ3n) is 14.0. The van der Waals surface area contributed by atoms with Gasteiger partial charge in [0.25, 0.3) is 0 Å². The van der Waals surface area contributed by atoms with Crippen molar-refractivity contribution in [3.63, 3.8) is 0 Å². The number of rotatable bonds is 56. The van der Waals surface area contributed by atoms with E-state index in [1.165, 1.54) is 244 Å². The summed E-state index contributed by atoms with van der Waals surface area (Å²) in [5, 5.41) is 0. The summed E-state index contributed by atoms with van der Waals surface area (Å²) in [6.07, 6.45) is 61.0. The molecule has 0 saturated heterocycles. The lowest BCUT2D eigenvalue weighted by Gasteiger charge is -2.18. The molecule has 0 bridgehead atoms. The average molecular weight is 948 g/mol. The maximum atomic E-state index is 12.9. The molecule has 0 unspecified atom stereocenters. The van der Waals surface area contributed by atoms with Crippen LogP contribution >= 0.6 is 0 Å². The highest BCUT2D eigenvalue weighted by molar-refractivity contribution is 5.71. The van der Waals surface area contributed by atoms with Crippen molar-refractivity contribution in [3.05, 3.63) is 0 Å². The predicted molar refractivity (Wildman–Crippen MR) is 289 cm³/mol. The van der Waals surface area contributed by atoms with Crippen LogP contribution in [0.2, 0.25) is 0 Å². The first kappa shape index (κ1) is 65.4. The van der Waals surface area contributed by atoms with Crippen LogP contribution in [-0.4, -0.2) is 37.2 Å². The molecular weight excluding hydrogens is 829 g/mol. The number of unbranched alkanes of at least 4 members (excludes halogenated alkanes) is 43. The highest BCUT2D eigenvalue weighted by Crippen LogP contribution is 2.18. The van der Waals surface area contributed by atoms with Gasteiger partial charge >= 0.3 is 17.9 Å². The SMILES string of the molecule is CCCCCCCCCCCCCCCCCCCCC(=O)OC[C@@H](COC(=O)CCCCCCCCCCCCCCC(C)C)OC(=O)CCCCCCCCCCCCCCCCCC. The zero-order chi connectivity index (χ0) is 48.8. The Morgan fingerprint density at radius 2 is 0.493 bits per heavy atom. The van der Waals surface area contributed by atoms with E-state index >= 15 is 0 Å². The minimum atomic E-state index is -0.762. The molecule has 0 aromatic heterocycles. The van der Waals surface area contributed by atoms with E-state index in [-0.39, 0.29) is 31.1 Å². The van der Waals surface area contributed by atoms with Gasteiger partial charge in [-0.2, -0.15) is 0 Å². The Morgan fingerprint density at radius 1 is 0.284 bits per heavy atom. The molecule has 0 spiro atoms. The fourth-order valence-corrected chi connectivity index (χ4v) is 9.46. The van der Waals surface area contributed by atoms with E-state index in [0.29, 0.717) is 19.3 Å². The zero-order valence-electron chi connectivity index (χ0n) is 45.9. The average Bonchev–Trinajstić information content (AvgIpc) is 3.31. The molecule has 0 radical (unpaired) electrons. The molecule has 6 nitrogen and oxygen atoms in total. The molecule has 6 heteroatoms. The number of esters is 3. The van der Waals surface area contributed by atoms with E-state index in [0.717, 1.165) is 63.7 Å². The van der Waals surface area contributed by atoms with Crippen molar-refractivity contribution >= 4 is 17.9 Å². The van der Waals surface area contributed by atoms with Crippen molar-refractivity contribution in [1.82, 2.24) is 0 Å². The van der Waals surface area contributed by atoms with Gasteiger partial charge in [0, 0.05) is 19.3 Å². The van der Waals surface area contributed by atoms with Gasteiger partial charge < -0.3 is 14.2 Å². The summed E-state index contributed by atoms with van der Waals surface area (Å²) in [5.74, 6) is 0.00224. The highest BCUT2D eigenvalue weighted by Gasteiger charge is 2.19. The Bertz CT molecular complexity index is 1010. The molecule has 0 aliphatic carbocycles. The third kappa shape index (κ3) is 55.2. The van der Waals surface area contributed by atoms with Gasteiger partial charge in [-0.15, -0.1) is 0 Å². The van der Waals surface area contributed by atoms with Crippen molar-refractivity contribution in [1.29, 1.82) is 0 Å². The van der Waals surface area contributed by atoms with Crippen LogP contribution in [0.25, 0.3) is 0 Å². The molecule has 1 atom stereocenters. The van der Waals surface area contributed by atoms with Crippen molar-refractivity contribution in [3.8, 4) is 0 Å². The summed E-state index contributed by atoms with van der Waals surface area (Å²) >= 11 is 0. The normalized spacial score (nSPS) is 12.0. The summed E-state index contributed by atoms with van der Waals surface area (Å²) in [6.45, 7) is 9.07. The number of carbonyl (C=O) groups is 3. The number of ether oxygens (including phenoxy) is 3. The minimum absolute atomic E-state index is 0.0615. The summed E-state index contributed by atoms with van der Waals surface area (Å²) in [5.41, 5.74) is 0. The van der Waals surface area contributed by atoms with Crippen molar-refractivity contribution in [2.24, 2.45) is 5.92 Å². The fourth-order valence-electron chi connectivity index (χ4n) is 9.46. The van der Waals surface area contributed by atoms with Gasteiger partial charge in [-0.05, 0) is 25.2 Å². The fraction of sp³-hybridized carbons (Fsp3) is 0.951. The molecule has 0 rings (SSSR count). The lowest BCUT2D eigenvalue weighted by Crippen LogP contribution is -2.30. The van der Waals surface area contributed by atoms with E-state index in [1.807, 2.05) is 0 Å². The smallest absolute Gasteiger partial charge is 0.306 e. The number of hydrogen-bond donors (Lipinski definition) is 0. The van der Waals surface area contributed by atoms with Crippen LogP contribution in [0.4, 0.5) is 0 Å². The van der Waals surface area contributed by atoms with E-state index in [2.05, 4.69) is 27.7 Å². The Labute approximate surface area is 418 Å². The Kier molecular flexibility index (Phi) is 54.0. The largest absolute Gasteiger partial charge is 0.462 e. The van der Waals surface area contributed by atoms with Gasteiger partial charge in [-0.1, -0.05) is 310 Å². The molecule has 0 N–H and O–H groups in total. The van der Waals surface area contributed by atoms with Crippen molar-refractivity contribution in [2.45, 2.75) is 355 Å². The van der Waals surface area contributed by atoms with E-state index < -0.39 is 6.10 Å². The maximum Gasteiger partial charge on any atom is 0.306 e. The summed E-state index contributed by atoms with van der Waals surface area (Å²) in [4.78, 5) is 38.2. The molecule has 0 aromatic carbocycles. The van der Waals surface area contributed by atoms with E-state index in [9.17, 15) is 14.4 Å². The second-order valence-corrected chi connectivity index (χ2v) is 21.5. The quantitative estimate of drug-likeness (QED) is 0.0343. The standard InChI is InChI=1S/C61H118O6/c1-5-7-9-11-13-15-17-19-21-23-24-26-27-32-36-40-44-48-52-59(62)65-55-58(56-66-60(63)53-49-45-41-37-33-30-29-31-35-39-43-47-51-57(3)4)67-61(64)54-50-46-42-38-34-28-25-22-20-18-16-14-12-10-8-6-2/h57-58H,5-56H2,1-4H3/t58-/m0/s1. The zero-order valence-corrected chi connectivity index (χ0v) is 45.9. The van der Waals surface area contributed by atoms with Gasteiger partial charge in [-0.3, -0.25) is 14.4 Å². The number of carbonyl (C=O) groups excluding carboxylic acids is 3. The van der Waals surface area contributed by atoms with Gasteiger partial charge in [0.15, 0.2) is 6.10 Å². The van der Waals surface area contributed by atoms with Gasteiger partial charge in [-0.25, -0.2) is 0 Å². The monoisotopic (exact) mass is 947 g/mol. The molecule has 0 aliphatic rings. The van der Waals surface area contributed by atoms with Crippen LogP contribution < -0.4 is 0 Å². The summed E-state index contributed by atoms with van der Waals surface area (Å²) in [6, 6.07) is 0. The molecular formula is C61H118O6. The Morgan fingerprint density at radius 3 is 0.731 bits per heavy atom. The second-order valence-electron chi connectivity index (χ2n) is 21.5. The lowest BCUT2D eigenvalue weighted by molar-refractivity contribution is -0.167. The molecule has 0 saturated carbocycles. The van der Waals surface area contributed by atoms with Crippen LogP contribution in [-0.2, 0) is 28.6 Å². The molecule has 398 valence electrons. The third-order valence-corrected chi connectivity index (χ3v) is 14.0. The molecule has 67 heavy (non-hydrogen) atoms. The highest BCUT2D eigenvalue weighted by atomic mass is 16.6. The first-order valence-corrected chi connectivity index (χ1v) is 30.4. The topological polar surface area (TPSA) is 78.9 Å². The van der Waals surface area contributed by atoms with Gasteiger partial charge in [0.1, 0.15) is 13.2 Å². The van der Waals surface area contributed by atoms with Crippen molar-refractivity contribution in [2.75, 3.05) is 13.2 Å². The summed E-state index contributed by atoms with van der Waals surface area (Å²) in [7, 11) is 0. The molecule has 0 fully saturated rings. The van der Waals surface area contributed by atoms with E-state index in [1.54, 1.807) is 0 Å². The molecule has 0 amide bonds. The second kappa shape index (κ2) is 55.3. The van der Waals surface area contributed by atoms with Crippen LogP contribution in [0.3, 0.4) is 0 Å². The Balaban J connectivity index is 4.29. The Hall–Kier alpha value is -1.59. The molecule has 0 aromatic rings. The maximum absolute atomic E-state index is 12.9. The number of hydrogen-bond acceptors (Lipinski definition) is 6. The first-order valence-electron chi connectivity index (χ1n) is 30.4. The van der Waals surface area contributed by atoms with Crippen LogP contribution in [0, 0.1) is 5.92 Å².